The van der Waals surface area contributed by atoms with Gasteiger partial charge in [0.2, 0.25) is 0 Å². The van der Waals surface area contributed by atoms with Crippen LogP contribution in [-0.2, 0) is 10.0 Å². The summed E-state index contributed by atoms with van der Waals surface area (Å²) in [6, 6.07) is 7.91. The summed E-state index contributed by atoms with van der Waals surface area (Å²) < 4.78 is 28.5. The van der Waals surface area contributed by atoms with E-state index in [0.717, 1.165) is 4.47 Å². The lowest BCUT2D eigenvalue weighted by Crippen LogP contribution is -2.15. The van der Waals surface area contributed by atoms with Gasteiger partial charge in [-0.05, 0) is 53.2 Å². The van der Waals surface area contributed by atoms with Gasteiger partial charge >= 0.3 is 0 Å². The van der Waals surface area contributed by atoms with Crippen LogP contribution in [0.5, 0.6) is 0 Å². The fourth-order valence-electron chi connectivity index (χ4n) is 1.60. The molecule has 0 spiro atoms. The van der Waals surface area contributed by atoms with Gasteiger partial charge in [-0.3, -0.25) is 4.72 Å². The van der Waals surface area contributed by atoms with Gasteiger partial charge in [0, 0.05) is 4.47 Å². The lowest BCUT2D eigenvalue weighted by atomic mass is 10.3. The van der Waals surface area contributed by atoms with Crippen molar-refractivity contribution in [3.8, 4) is 0 Å². The second-order valence-corrected chi connectivity index (χ2v) is 7.43. The monoisotopic (exact) mass is 419 g/mol. The van der Waals surface area contributed by atoms with E-state index in [4.69, 9.17) is 5.73 Å². The van der Waals surface area contributed by atoms with Crippen LogP contribution in [0.1, 0.15) is 5.69 Å². The largest absolute Gasteiger partial charge is 0.398 e. The predicted molar refractivity (Wildman–Crippen MR) is 86.0 cm³/mol. The first-order chi connectivity index (χ1) is 9.29. The van der Waals surface area contributed by atoms with E-state index in [2.05, 4.69) is 41.6 Å². The average molecular weight is 421 g/mol. The van der Waals surface area contributed by atoms with E-state index < -0.39 is 10.0 Å². The molecule has 8 heteroatoms. The number of sulfonamides is 1. The van der Waals surface area contributed by atoms with Gasteiger partial charge in [-0.2, -0.15) is 0 Å². The summed E-state index contributed by atoms with van der Waals surface area (Å²) in [4.78, 5) is 4.17. The summed E-state index contributed by atoms with van der Waals surface area (Å²) in [6.45, 7) is 1.72. The SMILES string of the molecule is Cc1nc(Br)ccc1NS(=O)(=O)c1ccc(Br)cc1N. The Bertz CT molecular complexity index is 763. The summed E-state index contributed by atoms with van der Waals surface area (Å²) in [7, 11) is -3.75. The molecule has 0 saturated heterocycles. The van der Waals surface area contributed by atoms with Crippen molar-refractivity contribution in [3.05, 3.63) is 45.1 Å². The number of nitrogens with two attached hydrogens (primary N) is 1. The molecule has 1 heterocycles. The number of aryl methyl sites for hydroxylation is 1. The molecule has 0 aliphatic rings. The number of hydrogen-bond donors (Lipinski definition) is 2. The van der Waals surface area contributed by atoms with Crippen molar-refractivity contribution in [2.45, 2.75) is 11.8 Å². The van der Waals surface area contributed by atoms with Crippen LogP contribution < -0.4 is 10.5 Å². The molecule has 2 aromatic rings. The van der Waals surface area contributed by atoms with Crippen LogP contribution in [-0.4, -0.2) is 13.4 Å². The summed E-state index contributed by atoms with van der Waals surface area (Å²) in [6.07, 6.45) is 0. The molecular formula is C12H11Br2N3O2S. The Morgan fingerprint density at radius 1 is 1.20 bits per heavy atom. The van der Waals surface area contributed by atoms with Crippen LogP contribution in [0.2, 0.25) is 0 Å². The molecule has 0 fully saturated rings. The number of halogens is 2. The third kappa shape index (κ3) is 3.31. The highest BCUT2D eigenvalue weighted by atomic mass is 79.9. The number of nitrogens with one attached hydrogen (secondary N) is 1. The van der Waals surface area contributed by atoms with E-state index >= 15 is 0 Å². The molecule has 0 atom stereocenters. The highest BCUT2D eigenvalue weighted by Crippen LogP contribution is 2.26. The van der Waals surface area contributed by atoms with Gasteiger partial charge in [0.25, 0.3) is 10.0 Å². The molecular weight excluding hydrogens is 410 g/mol. The van der Waals surface area contributed by atoms with Gasteiger partial charge in [0.1, 0.15) is 9.50 Å². The van der Waals surface area contributed by atoms with Gasteiger partial charge < -0.3 is 5.73 Å². The third-order valence-electron chi connectivity index (χ3n) is 2.56. The molecule has 0 aliphatic carbocycles. The predicted octanol–water partition coefficient (Wildman–Crippen LogP) is 3.30. The number of nitrogen functional groups attached to an aromatic ring is 1. The maximum Gasteiger partial charge on any atom is 0.264 e. The van der Waals surface area contributed by atoms with Gasteiger partial charge in [0.05, 0.1) is 17.1 Å². The molecule has 20 heavy (non-hydrogen) atoms. The Labute approximate surface area is 133 Å². The Balaban J connectivity index is 2.41. The van der Waals surface area contributed by atoms with E-state index in [-0.39, 0.29) is 10.6 Å². The maximum atomic E-state index is 12.3. The van der Waals surface area contributed by atoms with Gasteiger partial charge in [-0.25, -0.2) is 13.4 Å². The molecule has 5 nitrogen and oxygen atoms in total. The summed E-state index contributed by atoms with van der Waals surface area (Å²) >= 11 is 6.47. The highest BCUT2D eigenvalue weighted by molar-refractivity contribution is 9.10. The smallest absolute Gasteiger partial charge is 0.264 e. The molecule has 0 amide bonds. The Morgan fingerprint density at radius 2 is 1.90 bits per heavy atom. The van der Waals surface area contributed by atoms with Crippen molar-refractivity contribution < 1.29 is 8.42 Å². The minimum absolute atomic E-state index is 0.0306. The second kappa shape index (κ2) is 5.71. The van der Waals surface area contributed by atoms with Gasteiger partial charge in [-0.1, -0.05) is 15.9 Å². The zero-order chi connectivity index (χ0) is 14.9. The van der Waals surface area contributed by atoms with Crippen molar-refractivity contribution in [2.24, 2.45) is 0 Å². The molecule has 0 saturated carbocycles. The van der Waals surface area contributed by atoms with Crippen LogP contribution >= 0.6 is 31.9 Å². The summed E-state index contributed by atoms with van der Waals surface area (Å²) in [5.74, 6) is 0. The molecule has 0 unspecified atom stereocenters. The lowest BCUT2D eigenvalue weighted by Gasteiger charge is -2.12. The number of benzene rings is 1. The minimum Gasteiger partial charge on any atom is -0.398 e. The number of hydrogen-bond acceptors (Lipinski definition) is 4. The highest BCUT2D eigenvalue weighted by Gasteiger charge is 2.18. The van der Waals surface area contributed by atoms with Crippen LogP contribution in [0, 0.1) is 6.92 Å². The first-order valence-corrected chi connectivity index (χ1v) is 8.57. The van der Waals surface area contributed by atoms with Crippen LogP contribution in [0.25, 0.3) is 0 Å². The second-order valence-electron chi connectivity index (χ2n) is 4.05. The average Bonchev–Trinajstić information content (AvgIpc) is 2.32. The molecule has 2 rings (SSSR count). The van der Waals surface area contributed by atoms with E-state index in [1.54, 1.807) is 31.2 Å². The first-order valence-electron chi connectivity index (χ1n) is 5.50. The molecule has 1 aromatic heterocycles. The summed E-state index contributed by atoms with van der Waals surface area (Å²) in [5, 5.41) is 0. The van der Waals surface area contributed by atoms with Gasteiger partial charge in [-0.15, -0.1) is 0 Å². The van der Waals surface area contributed by atoms with Crippen molar-refractivity contribution in [1.82, 2.24) is 4.98 Å². The molecule has 0 bridgehead atoms. The fraction of sp³-hybridized carbons (Fsp3) is 0.0833. The molecule has 106 valence electrons. The van der Waals surface area contributed by atoms with Crippen molar-refractivity contribution in [3.63, 3.8) is 0 Å². The number of anilines is 2. The lowest BCUT2D eigenvalue weighted by molar-refractivity contribution is 0.601. The Kier molecular flexibility index (Phi) is 4.36. The van der Waals surface area contributed by atoms with E-state index in [1.807, 2.05) is 0 Å². The van der Waals surface area contributed by atoms with Crippen LogP contribution in [0.3, 0.4) is 0 Å². The topological polar surface area (TPSA) is 85.1 Å². The number of pyridine rings is 1. The molecule has 3 N–H and O–H groups in total. The van der Waals surface area contributed by atoms with Crippen molar-refractivity contribution in [1.29, 1.82) is 0 Å². The number of aromatic nitrogens is 1. The van der Waals surface area contributed by atoms with Crippen LogP contribution in [0.4, 0.5) is 11.4 Å². The standard InChI is InChI=1S/C12H11Br2N3O2S/c1-7-10(3-5-12(14)16-7)17-20(18,19)11-4-2-8(13)6-9(11)15/h2-6,17H,15H2,1H3. The molecule has 0 aliphatic heterocycles. The Morgan fingerprint density at radius 3 is 2.50 bits per heavy atom. The minimum atomic E-state index is -3.75. The zero-order valence-electron chi connectivity index (χ0n) is 10.4. The molecule has 0 radical (unpaired) electrons. The van der Waals surface area contributed by atoms with Crippen molar-refractivity contribution >= 4 is 53.3 Å². The fourth-order valence-corrected chi connectivity index (χ4v) is 3.61. The van der Waals surface area contributed by atoms with E-state index in [9.17, 15) is 8.42 Å². The molecule has 1 aromatic carbocycles. The van der Waals surface area contributed by atoms with Crippen LogP contribution in [0.15, 0.2) is 44.3 Å². The van der Waals surface area contributed by atoms with Crippen molar-refractivity contribution in [2.75, 3.05) is 10.5 Å². The summed E-state index contributed by atoms with van der Waals surface area (Å²) in [5.41, 5.74) is 6.91. The van der Waals surface area contributed by atoms with Gasteiger partial charge in [0.15, 0.2) is 0 Å². The van der Waals surface area contributed by atoms with E-state index in [1.165, 1.54) is 6.07 Å². The first kappa shape index (κ1) is 15.3. The maximum absolute atomic E-state index is 12.3. The normalized spacial score (nSPS) is 11.3. The quantitative estimate of drug-likeness (QED) is 0.589. The number of nitrogens with zero attached hydrogens (tertiary/aromatic N) is 1. The zero-order valence-corrected chi connectivity index (χ0v) is 14.4. The third-order valence-corrected chi connectivity index (χ3v) is 4.93. The number of rotatable bonds is 3. The Hall–Kier alpha value is -1.12. The van der Waals surface area contributed by atoms with E-state index in [0.29, 0.717) is 16.0 Å².